The molecule has 2 amide bonds. The summed E-state index contributed by atoms with van der Waals surface area (Å²) < 4.78 is 6.84. The minimum absolute atomic E-state index is 0.0425. The minimum atomic E-state index is -0.555. The van der Waals surface area contributed by atoms with E-state index in [-0.39, 0.29) is 12.3 Å². The van der Waals surface area contributed by atoms with Gasteiger partial charge in [0.25, 0.3) is 5.91 Å². The van der Waals surface area contributed by atoms with E-state index < -0.39 is 24.5 Å². The van der Waals surface area contributed by atoms with Gasteiger partial charge in [0.15, 0.2) is 6.61 Å². The number of hydrogen-bond donors (Lipinski definition) is 1. The average molecular weight is 396 g/mol. The van der Waals surface area contributed by atoms with Gasteiger partial charge in [-0.2, -0.15) is 5.10 Å². The van der Waals surface area contributed by atoms with Gasteiger partial charge in [0.05, 0.1) is 29.5 Å². The molecule has 1 aliphatic rings. The van der Waals surface area contributed by atoms with Gasteiger partial charge in [-0.15, -0.1) is 0 Å². The van der Waals surface area contributed by atoms with Crippen LogP contribution in [0.5, 0.6) is 0 Å². The van der Waals surface area contributed by atoms with Crippen molar-refractivity contribution in [1.29, 1.82) is 0 Å². The van der Waals surface area contributed by atoms with Crippen LogP contribution in [-0.2, 0) is 26.2 Å². The van der Waals surface area contributed by atoms with E-state index in [0.29, 0.717) is 11.4 Å². The van der Waals surface area contributed by atoms with Crippen molar-refractivity contribution in [3.05, 3.63) is 53.0 Å². The van der Waals surface area contributed by atoms with E-state index in [2.05, 4.69) is 10.4 Å². The minimum Gasteiger partial charge on any atom is -0.455 e. The lowest BCUT2D eigenvalue weighted by Crippen LogP contribution is -2.33. The molecule has 1 atom stereocenters. The lowest BCUT2D eigenvalue weighted by atomic mass is 9.94. The summed E-state index contributed by atoms with van der Waals surface area (Å²) in [7, 11) is 1.79. The van der Waals surface area contributed by atoms with Crippen molar-refractivity contribution >= 4 is 29.5 Å². The molecule has 0 saturated carbocycles. The van der Waals surface area contributed by atoms with Crippen LogP contribution in [0.15, 0.2) is 30.5 Å². The van der Waals surface area contributed by atoms with E-state index in [1.165, 1.54) is 11.8 Å². The number of benzene rings is 1. The van der Waals surface area contributed by atoms with Crippen LogP contribution in [-0.4, -0.2) is 39.1 Å². The fraction of sp³-hybridized carbons (Fsp3) is 0.333. The molecule has 3 rings (SSSR count). The van der Waals surface area contributed by atoms with Gasteiger partial charge in [0, 0.05) is 20.2 Å². The fourth-order valence-corrected chi connectivity index (χ4v) is 3.41. The lowest BCUT2D eigenvalue weighted by Gasteiger charge is -2.32. The second-order valence-corrected chi connectivity index (χ2v) is 6.97. The fourth-order valence-electron chi connectivity index (χ4n) is 3.41. The number of nitrogens with one attached hydrogen (secondary N) is 1. The van der Waals surface area contributed by atoms with Gasteiger partial charge in [-0.3, -0.25) is 19.1 Å². The Morgan fingerprint density at radius 2 is 1.93 bits per heavy atom. The number of carbonyl (C=O) groups excluding carboxylic acids is 3. The SMILES string of the molecule is CC(=O)N1C=Cc2ccccc2[C@H]1CC(=O)OCC(=O)Nc1c(C)nn(C)c1C. The first-order valence-electron chi connectivity index (χ1n) is 9.29. The van der Waals surface area contributed by atoms with Crippen LogP contribution >= 0.6 is 0 Å². The number of hydrogen-bond acceptors (Lipinski definition) is 5. The van der Waals surface area contributed by atoms with Crippen LogP contribution in [0.25, 0.3) is 6.08 Å². The van der Waals surface area contributed by atoms with Gasteiger partial charge in [-0.05, 0) is 31.1 Å². The van der Waals surface area contributed by atoms with Gasteiger partial charge in [-0.1, -0.05) is 24.3 Å². The smallest absolute Gasteiger partial charge is 0.308 e. The van der Waals surface area contributed by atoms with Gasteiger partial charge in [-0.25, -0.2) is 0 Å². The zero-order valence-electron chi connectivity index (χ0n) is 16.9. The zero-order valence-corrected chi connectivity index (χ0v) is 16.9. The molecule has 2 heterocycles. The molecule has 0 unspecified atom stereocenters. The zero-order chi connectivity index (χ0) is 21.1. The number of esters is 1. The van der Waals surface area contributed by atoms with Crippen molar-refractivity contribution in [3.63, 3.8) is 0 Å². The second kappa shape index (κ2) is 8.30. The van der Waals surface area contributed by atoms with Gasteiger partial charge >= 0.3 is 5.97 Å². The van der Waals surface area contributed by atoms with E-state index in [0.717, 1.165) is 16.8 Å². The monoisotopic (exact) mass is 396 g/mol. The first-order valence-corrected chi connectivity index (χ1v) is 9.29. The summed E-state index contributed by atoms with van der Waals surface area (Å²) in [6, 6.07) is 7.10. The summed E-state index contributed by atoms with van der Waals surface area (Å²) >= 11 is 0. The lowest BCUT2D eigenvalue weighted by molar-refractivity contribution is -0.149. The Morgan fingerprint density at radius 3 is 2.59 bits per heavy atom. The van der Waals surface area contributed by atoms with Gasteiger partial charge in [0.1, 0.15) is 0 Å². The maximum atomic E-state index is 12.4. The molecule has 8 nitrogen and oxygen atoms in total. The normalized spacial score (nSPS) is 15.0. The molecular weight excluding hydrogens is 372 g/mol. The highest BCUT2D eigenvalue weighted by Gasteiger charge is 2.29. The number of aryl methyl sites for hydroxylation is 2. The van der Waals surface area contributed by atoms with Crippen molar-refractivity contribution in [2.75, 3.05) is 11.9 Å². The summed E-state index contributed by atoms with van der Waals surface area (Å²) in [5.74, 6) is -1.17. The van der Waals surface area contributed by atoms with Crippen molar-refractivity contribution in [2.24, 2.45) is 7.05 Å². The van der Waals surface area contributed by atoms with Crippen LogP contribution in [0.1, 0.15) is 41.9 Å². The van der Waals surface area contributed by atoms with Gasteiger partial charge < -0.3 is 15.0 Å². The predicted octanol–water partition coefficient (Wildman–Crippen LogP) is 2.48. The molecule has 0 fully saturated rings. The van der Waals surface area contributed by atoms with Crippen LogP contribution < -0.4 is 5.32 Å². The number of nitrogens with zero attached hydrogens (tertiary/aromatic N) is 3. The molecule has 0 radical (unpaired) electrons. The Kier molecular flexibility index (Phi) is 5.81. The van der Waals surface area contributed by atoms with Crippen LogP contribution in [0.2, 0.25) is 0 Å². The molecule has 0 aliphatic carbocycles. The van der Waals surface area contributed by atoms with Crippen LogP contribution in [0.3, 0.4) is 0 Å². The number of ether oxygens (including phenoxy) is 1. The molecule has 29 heavy (non-hydrogen) atoms. The molecule has 0 spiro atoms. The van der Waals surface area contributed by atoms with E-state index in [1.807, 2.05) is 37.3 Å². The Hall–Kier alpha value is -3.42. The Labute approximate surface area is 169 Å². The summed E-state index contributed by atoms with van der Waals surface area (Å²) in [6.07, 6.45) is 3.47. The third kappa shape index (κ3) is 4.37. The number of rotatable bonds is 5. The first kappa shape index (κ1) is 20.3. The average Bonchev–Trinajstić information content (AvgIpc) is 2.92. The Bertz CT molecular complexity index is 993. The number of amides is 2. The highest BCUT2D eigenvalue weighted by atomic mass is 16.5. The number of anilines is 1. The Balaban J connectivity index is 1.63. The predicted molar refractivity (Wildman–Crippen MR) is 108 cm³/mol. The summed E-state index contributed by atoms with van der Waals surface area (Å²) in [5, 5.41) is 6.96. The van der Waals surface area contributed by atoms with Gasteiger partial charge in [0.2, 0.25) is 5.91 Å². The number of fused-ring (bicyclic) bond motifs is 1. The highest BCUT2D eigenvalue weighted by Crippen LogP contribution is 2.33. The largest absolute Gasteiger partial charge is 0.455 e. The molecular formula is C21H24N4O4. The number of carbonyl (C=O) groups is 3. The van der Waals surface area contributed by atoms with E-state index in [4.69, 9.17) is 4.74 Å². The molecule has 0 saturated heterocycles. The third-order valence-electron chi connectivity index (χ3n) is 4.97. The van der Waals surface area contributed by atoms with Crippen molar-refractivity contribution in [3.8, 4) is 0 Å². The first-order chi connectivity index (χ1) is 13.8. The maximum Gasteiger partial charge on any atom is 0.308 e. The molecule has 1 aromatic heterocycles. The van der Waals surface area contributed by atoms with E-state index in [9.17, 15) is 14.4 Å². The number of aromatic nitrogens is 2. The standard InChI is InChI=1S/C21H24N4O4/c1-13-21(14(2)24(4)23-13)22-19(27)12-29-20(28)11-18-17-8-6-5-7-16(17)9-10-25(18)15(3)26/h5-10,18H,11-12H2,1-4H3,(H,22,27)/t18-/m1/s1. The van der Waals surface area contributed by atoms with E-state index in [1.54, 1.807) is 24.9 Å². The van der Waals surface area contributed by atoms with Crippen molar-refractivity contribution < 1.29 is 19.1 Å². The van der Waals surface area contributed by atoms with Crippen molar-refractivity contribution in [2.45, 2.75) is 33.2 Å². The molecule has 152 valence electrons. The summed E-state index contributed by atoms with van der Waals surface area (Å²) in [6.45, 7) is 4.67. The molecule has 0 bridgehead atoms. The summed E-state index contributed by atoms with van der Waals surface area (Å²) in [4.78, 5) is 38.1. The maximum absolute atomic E-state index is 12.4. The molecule has 1 aliphatic heterocycles. The van der Waals surface area contributed by atoms with Crippen molar-refractivity contribution in [1.82, 2.24) is 14.7 Å². The Morgan fingerprint density at radius 1 is 1.21 bits per heavy atom. The molecule has 1 N–H and O–H groups in total. The van der Waals surface area contributed by atoms with Crippen LogP contribution in [0, 0.1) is 13.8 Å². The summed E-state index contributed by atoms with van der Waals surface area (Å²) in [5.41, 5.74) is 3.93. The second-order valence-electron chi connectivity index (χ2n) is 6.97. The molecule has 1 aromatic carbocycles. The third-order valence-corrected chi connectivity index (χ3v) is 4.97. The van der Waals surface area contributed by atoms with E-state index >= 15 is 0 Å². The topological polar surface area (TPSA) is 93.5 Å². The van der Waals surface area contributed by atoms with Crippen LogP contribution in [0.4, 0.5) is 5.69 Å². The quantitative estimate of drug-likeness (QED) is 0.784. The highest BCUT2D eigenvalue weighted by molar-refractivity contribution is 5.94. The molecule has 8 heteroatoms. The molecule has 2 aromatic rings.